The Morgan fingerprint density at radius 2 is 2.28 bits per heavy atom. The van der Waals surface area contributed by atoms with Gasteiger partial charge in [-0.25, -0.2) is 4.98 Å². The predicted molar refractivity (Wildman–Crippen MR) is 68.2 cm³/mol. The molecule has 0 spiro atoms. The van der Waals surface area contributed by atoms with Crippen molar-refractivity contribution < 1.29 is 5.11 Å². The summed E-state index contributed by atoms with van der Waals surface area (Å²) in [6.45, 7) is 0.803. The fraction of sp³-hybridized carbons (Fsp3) is 0.571. The van der Waals surface area contributed by atoms with Crippen molar-refractivity contribution in [2.24, 2.45) is 5.92 Å². The van der Waals surface area contributed by atoms with Gasteiger partial charge in [-0.2, -0.15) is 5.26 Å². The molecule has 18 heavy (non-hydrogen) atoms. The quantitative estimate of drug-likeness (QED) is 0.846. The molecule has 1 heterocycles. The van der Waals surface area contributed by atoms with Gasteiger partial charge in [-0.05, 0) is 49.7 Å². The fourth-order valence-electron chi connectivity index (χ4n) is 2.80. The summed E-state index contributed by atoms with van der Waals surface area (Å²) < 4.78 is 0. The lowest BCUT2D eigenvalue weighted by molar-refractivity contribution is 0.0486. The summed E-state index contributed by atoms with van der Waals surface area (Å²) in [7, 11) is 0. The summed E-state index contributed by atoms with van der Waals surface area (Å²) >= 11 is 0. The van der Waals surface area contributed by atoms with E-state index in [2.05, 4.69) is 16.4 Å². The number of aliphatic hydroxyl groups excluding tert-OH is 1. The lowest BCUT2D eigenvalue weighted by atomic mass is 9.82. The summed E-state index contributed by atoms with van der Waals surface area (Å²) in [5, 5.41) is 21.7. The van der Waals surface area contributed by atoms with Crippen LogP contribution in [0.3, 0.4) is 0 Å². The minimum atomic E-state index is -0.125. The number of aryl methyl sites for hydroxylation is 2. The molecule has 2 aliphatic carbocycles. The zero-order chi connectivity index (χ0) is 12.5. The second kappa shape index (κ2) is 4.58. The Balaban J connectivity index is 1.73. The van der Waals surface area contributed by atoms with Crippen LogP contribution in [0.15, 0.2) is 6.07 Å². The molecule has 0 unspecified atom stereocenters. The first-order valence-electron chi connectivity index (χ1n) is 6.61. The van der Waals surface area contributed by atoms with Gasteiger partial charge in [0.1, 0.15) is 11.9 Å². The lowest BCUT2D eigenvalue weighted by Gasteiger charge is -2.31. The van der Waals surface area contributed by atoms with Crippen molar-refractivity contribution in [2.75, 3.05) is 11.9 Å². The number of hydrogen-bond donors (Lipinski definition) is 2. The van der Waals surface area contributed by atoms with Crippen LogP contribution in [0.1, 0.15) is 36.1 Å². The van der Waals surface area contributed by atoms with Crippen LogP contribution in [0.4, 0.5) is 5.82 Å². The third-order valence-electron chi connectivity index (χ3n) is 3.94. The Morgan fingerprint density at radius 3 is 3.00 bits per heavy atom. The molecule has 0 aliphatic heterocycles. The molecule has 1 aromatic rings. The van der Waals surface area contributed by atoms with Crippen molar-refractivity contribution in [2.45, 2.75) is 38.2 Å². The topological polar surface area (TPSA) is 68.9 Å². The van der Waals surface area contributed by atoms with E-state index in [0.717, 1.165) is 50.2 Å². The number of anilines is 1. The number of rotatable bonds is 3. The number of pyridine rings is 1. The van der Waals surface area contributed by atoms with Gasteiger partial charge in [0, 0.05) is 12.2 Å². The monoisotopic (exact) mass is 243 g/mol. The molecule has 1 saturated carbocycles. The molecule has 2 aliphatic rings. The summed E-state index contributed by atoms with van der Waals surface area (Å²) in [4.78, 5) is 4.58. The van der Waals surface area contributed by atoms with Gasteiger partial charge in [0.2, 0.25) is 0 Å². The second-order valence-electron chi connectivity index (χ2n) is 5.33. The number of nitrogens with one attached hydrogen (secondary N) is 1. The van der Waals surface area contributed by atoms with Crippen molar-refractivity contribution in [3.63, 3.8) is 0 Å². The van der Waals surface area contributed by atoms with E-state index < -0.39 is 0 Å². The minimum Gasteiger partial charge on any atom is -0.393 e. The molecule has 1 aromatic heterocycles. The zero-order valence-electron chi connectivity index (χ0n) is 10.3. The molecule has 0 aromatic carbocycles. The smallest absolute Gasteiger partial charge is 0.144 e. The van der Waals surface area contributed by atoms with Crippen LogP contribution in [0.25, 0.3) is 0 Å². The van der Waals surface area contributed by atoms with Crippen LogP contribution < -0.4 is 5.32 Å². The largest absolute Gasteiger partial charge is 0.393 e. The minimum absolute atomic E-state index is 0.125. The maximum atomic E-state index is 9.25. The van der Waals surface area contributed by atoms with Gasteiger partial charge in [0.05, 0.1) is 11.7 Å². The van der Waals surface area contributed by atoms with Crippen LogP contribution >= 0.6 is 0 Å². The highest BCUT2D eigenvalue weighted by atomic mass is 16.3. The first kappa shape index (κ1) is 11.5. The van der Waals surface area contributed by atoms with E-state index in [1.54, 1.807) is 0 Å². The number of nitrogens with zero attached hydrogens (tertiary/aromatic N) is 2. The molecular weight excluding hydrogens is 226 g/mol. The molecule has 3 rings (SSSR count). The second-order valence-corrected chi connectivity index (χ2v) is 5.33. The van der Waals surface area contributed by atoms with Crippen molar-refractivity contribution >= 4 is 5.82 Å². The molecule has 2 N–H and O–H groups in total. The van der Waals surface area contributed by atoms with Crippen LogP contribution in [0.2, 0.25) is 0 Å². The molecule has 1 fully saturated rings. The highest BCUT2D eigenvalue weighted by Crippen LogP contribution is 2.29. The SMILES string of the molecule is N#Cc1cc2c(nc1NCC1CC(O)C1)CCC2. The molecule has 4 nitrogen and oxygen atoms in total. The molecule has 0 atom stereocenters. The van der Waals surface area contributed by atoms with E-state index in [-0.39, 0.29) is 6.10 Å². The maximum Gasteiger partial charge on any atom is 0.144 e. The standard InChI is InChI=1S/C14H17N3O/c15-7-11-6-10-2-1-3-13(10)17-14(11)16-8-9-4-12(18)5-9/h6,9,12,18H,1-5,8H2,(H,16,17). The van der Waals surface area contributed by atoms with E-state index >= 15 is 0 Å². The number of aliphatic hydroxyl groups is 1. The van der Waals surface area contributed by atoms with Gasteiger partial charge in [-0.3, -0.25) is 0 Å². The molecule has 0 bridgehead atoms. The van der Waals surface area contributed by atoms with Crippen LogP contribution in [0, 0.1) is 17.2 Å². The molecule has 0 radical (unpaired) electrons. The normalized spacial score (nSPS) is 25.1. The van der Waals surface area contributed by atoms with Crippen LogP contribution in [0.5, 0.6) is 0 Å². The maximum absolute atomic E-state index is 9.25. The van der Waals surface area contributed by atoms with Gasteiger partial charge in [-0.1, -0.05) is 0 Å². The van der Waals surface area contributed by atoms with Gasteiger partial charge in [0.15, 0.2) is 0 Å². The van der Waals surface area contributed by atoms with Crippen molar-refractivity contribution in [1.29, 1.82) is 5.26 Å². The van der Waals surface area contributed by atoms with E-state index in [4.69, 9.17) is 5.26 Å². The number of fused-ring (bicyclic) bond motifs is 1. The van der Waals surface area contributed by atoms with Gasteiger partial charge in [0.25, 0.3) is 0 Å². The first-order chi connectivity index (χ1) is 8.76. The average molecular weight is 243 g/mol. The average Bonchev–Trinajstić information content (AvgIpc) is 2.78. The molecule has 0 saturated heterocycles. The highest BCUT2D eigenvalue weighted by molar-refractivity contribution is 5.55. The predicted octanol–water partition coefficient (Wildman–Crippen LogP) is 1.62. The summed E-state index contributed by atoms with van der Waals surface area (Å²) in [5.41, 5.74) is 3.02. The van der Waals surface area contributed by atoms with Crippen LogP contribution in [-0.4, -0.2) is 22.7 Å². The van der Waals surface area contributed by atoms with E-state index in [1.807, 2.05) is 6.07 Å². The highest BCUT2D eigenvalue weighted by Gasteiger charge is 2.27. The van der Waals surface area contributed by atoms with Gasteiger partial charge < -0.3 is 10.4 Å². The third kappa shape index (κ3) is 2.06. The lowest BCUT2D eigenvalue weighted by Crippen LogP contribution is -2.33. The zero-order valence-corrected chi connectivity index (χ0v) is 10.3. The van der Waals surface area contributed by atoms with Crippen molar-refractivity contribution in [1.82, 2.24) is 4.98 Å². The number of aromatic nitrogens is 1. The Kier molecular flexibility index (Phi) is 2.92. The Labute approximate surface area is 107 Å². The number of hydrogen-bond acceptors (Lipinski definition) is 4. The van der Waals surface area contributed by atoms with Gasteiger partial charge >= 0.3 is 0 Å². The molecule has 94 valence electrons. The van der Waals surface area contributed by atoms with E-state index in [9.17, 15) is 5.11 Å². The van der Waals surface area contributed by atoms with Crippen molar-refractivity contribution in [3.05, 3.63) is 22.9 Å². The third-order valence-corrected chi connectivity index (χ3v) is 3.94. The summed E-state index contributed by atoms with van der Waals surface area (Å²) in [5.74, 6) is 1.24. The van der Waals surface area contributed by atoms with E-state index in [0.29, 0.717) is 11.5 Å². The Morgan fingerprint density at radius 1 is 1.44 bits per heavy atom. The Bertz CT molecular complexity index is 500. The summed E-state index contributed by atoms with van der Waals surface area (Å²) in [6.07, 6.45) is 4.81. The first-order valence-corrected chi connectivity index (χ1v) is 6.61. The van der Waals surface area contributed by atoms with E-state index in [1.165, 1.54) is 5.56 Å². The summed E-state index contributed by atoms with van der Waals surface area (Å²) in [6, 6.07) is 4.20. The number of nitriles is 1. The molecule has 0 amide bonds. The fourth-order valence-corrected chi connectivity index (χ4v) is 2.80. The molecular formula is C14H17N3O. The Hall–Kier alpha value is -1.60. The van der Waals surface area contributed by atoms with Gasteiger partial charge in [-0.15, -0.1) is 0 Å². The van der Waals surface area contributed by atoms with Crippen molar-refractivity contribution in [3.8, 4) is 6.07 Å². The molecule has 4 heteroatoms. The van der Waals surface area contributed by atoms with Crippen LogP contribution in [-0.2, 0) is 12.8 Å².